The third kappa shape index (κ3) is 3.71. The minimum absolute atomic E-state index is 0.674. The van der Waals surface area contributed by atoms with Crippen molar-refractivity contribution < 1.29 is 8.83 Å². The Labute approximate surface area is 100 Å². The molecule has 0 spiro atoms. The summed E-state index contributed by atoms with van der Waals surface area (Å²) in [5.74, 6) is 2.31. The highest BCUT2D eigenvalue weighted by atomic mass is 16.4. The minimum atomic E-state index is 0.674. The van der Waals surface area contributed by atoms with E-state index < -0.39 is 0 Å². The molecule has 0 aliphatic carbocycles. The Morgan fingerprint density at radius 2 is 2.00 bits per heavy atom. The average Bonchev–Trinajstić information content (AvgIpc) is 2.98. The Morgan fingerprint density at radius 3 is 2.71 bits per heavy atom. The summed E-state index contributed by atoms with van der Waals surface area (Å²) in [4.78, 5) is 0. The van der Waals surface area contributed by atoms with Gasteiger partial charge in [0.2, 0.25) is 11.8 Å². The maximum absolute atomic E-state index is 5.52. The summed E-state index contributed by atoms with van der Waals surface area (Å²) in [5, 5.41) is 11.2. The molecule has 0 radical (unpaired) electrons. The van der Waals surface area contributed by atoms with Gasteiger partial charge in [0.15, 0.2) is 0 Å². The predicted octanol–water partition coefficient (Wildman–Crippen LogP) is 1.60. The molecule has 2 heterocycles. The second kappa shape index (κ2) is 6.20. The van der Waals surface area contributed by atoms with Gasteiger partial charge in [-0.05, 0) is 18.7 Å². The van der Waals surface area contributed by atoms with Crippen molar-refractivity contribution in [3.05, 3.63) is 35.9 Å². The highest BCUT2D eigenvalue weighted by Crippen LogP contribution is 2.07. The minimum Gasteiger partial charge on any atom is -0.469 e. The van der Waals surface area contributed by atoms with Crippen molar-refractivity contribution in [1.29, 1.82) is 0 Å². The maximum atomic E-state index is 5.52. The molecule has 0 aliphatic rings. The molecule has 2 aromatic heterocycles. The Bertz CT molecular complexity index is 423. The molecule has 0 unspecified atom stereocenters. The van der Waals surface area contributed by atoms with Crippen LogP contribution < -0.4 is 5.32 Å². The van der Waals surface area contributed by atoms with E-state index in [0.717, 1.165) is 38.1 Å². The molecule has 17 heavy (non-hydrogen) atoms. The molecule has 5 heteroatoms. The fraction of sp³-hybridized carbons (Fsp3) is 0.500. The van der Waals surface area contributed by atoms with Crippen molar-refractivity contribution in [2.75, 3.05) is 13.1 Å². The van der Waals surface area contributed by atoms with E-state index >= 15 is 0 Å². The lowest BCUT2D eigenvalue weighted by Gasteiger charge is -1.96. The first-order valence-corrected chi connectivity index (χ1v) is 5.93. The molecule has 0 aliphatic heterocycles. The molecule has 0 atom stereocenters. The second-order valence-corrected chi connectivity index (χ2v) is 3.77. The van der Waals surface area contributed by atoms with E-state index in [-0.39, 0.29) is 0 Å². The molecular weight excluding hydrogens is 218 g/mol. The molecule has 0 saturated carbocycles. The highest BCUT2D eigenvalue weighted by Gasteiger charge is 2.06. The third-order valence-electron chi connectivity index (χ3n) is 2.44. The standard InChI is InChI=1S/C12H17N3O2/c1-2-13-8-7-12-15-14-11(17-12)6-5-10-4-3-9-16-10/h3-4,9,13H,2,5-8H2,1H3. The zero-order valence-electron chi connectivity index (χ0n) is 9.98. The van der Waals surface area contributed by atoms with Crippen molar-refractivity contribution >= 4 is 0 Å². The van der Waals surface area contributed by atoms with Crippen molar-refractivity contribution in [3.63, 3.8) is 0 Å². The summed E-state index contributed by atoms with van der Waals surface area (Å²) >= 11 is 0. The number of hydrogen-bond donors (Lipinski definition) is 1. The number of aryl methyl sites for hydroxylation is 2. The van der Waals surface area contributed by atoms with Crippen LogP contribution in [0.1, 0.15) is 24.5 Å². The van der Waals surface area contributed by atoms with Crippen molar-refractivity contribution in [2.45, 2.75) is 26.2 Å². The highest BCUT2D eigenvalue weighted by molar-refractivity contribution is 4.99. The van der Waals surface area contributed by atoms with E-state index in [1.54, 1.807) is 6.26 Å². The molecule has 5 nitrogen and oxygen atoms in total. The molecule has 1 N–H and O–H groups in total. The van der Waals surface area contributed by atoms with Crippen molar-refractivity contribution in [2.24, 2.45) is 0 Å². The molecule has 2 rings (SSSR count). The number of likely N-dealkylation sites (N-methyl/N-ethyl adjacent to an activating group) is 1. The van der Waals surface area contributed by atoms with Gasteiger partial charge in [0.1, 0.15) is 5.76 Å². The first-order valence-electron chi connectivity index (χ1n) is 5.93. The first-order chi connectivity index (χ1) is 8.38. The summed E-state index contributed by atoms with van der Waals surface area (Å²) in [5.41, 5.74) is 0. The van der Waals surface area contributed by atoms with Crippen LogP contribution in [0.5, 0.6) is 0 Å². The van der Waals surface area contributed by atoms with E-state index in [1.165, 1.54) is 0 Å². The van der Waals surface area contributed by atoms with Crippen LogP contribution in [0.15, 0.2) is 27.2 Å². The first kappa shape index (κ1) is 11.9. The molecular formula is C12H17N3O2. The lowest BCUT2D eigenvalue weighted by molar-refractivity contribution is 0.433. The maximum Gasteiger partial charge on any atom is 0.217 e. The van der Waals surface area contributed by atoms with Crippen LogP contribution in [-0.4, -0.2) is 23.3 Å². The number of nitrogens with one attached hydrogen (secondary N) is 1. The van der Waals surface area contributed by atoms with Gasteiger partial charge in [-0.15, -0.1) is 10.2 Å². The molecule has 92 valence electrons. The van der Waals surface area contributed by atoms with Gasteiger partial charge in [0.25, 0.3) is 0 Å². The molecule has 0 amide bonds. The summed E-state index contributed by atoms with van der Waals surface area (Å²) in [6.45, 7) is 3.90. The molecule has 0 aromatic carbocycles. The van der Waals surface area contributed by atoms with Crippen LogP contribution in [0.25, 0.3) is 0 Å². The lowest BCUT2D eigenvalue weighted by atomic mass is 10.2. The van der Waals surface area contributed by atoms with Crippen LogP contribution in [0.3, 0.4) is 0 Å². The van der Waals surface area contributed by atoms with E-state index in [0.29, 0.717) is 11.8 Å². The Morgan fingerprint density at radius 1 is 1.18 bits per heavy atom. The molecule has 2 aromatic rings. The van der Waals surface area contributed by atoms with Gasteiger partial charge in [0, 0.05) is 25.8 Å². The Balaban J connectivity index is 1.77. The van der Waals surface area contributed by atoms with E-state index in [9.17, 15) is 0 Å². The number of furan rings is 1. The largest absolute Gasteiger partial charge is 0.469 e. The Hall–Kier alpha value is -1.62. The fourth-order valence-corrected chi connectivity index (χ4v) is 1.55. The third-order valence-corrected chi connectivity index (χ3v) is 2.44. The predicted molar refractivity (Wildman–Crippen MR) is 62.7 cm³/mol. The number of nitrogens with zero attached hydrogens (tertiary/aromatic N) is 2. The van der Waals surface area contributed by atoms with Gasteiger partial charge >= 0.3 is 0 Å². The van der Waals surface area contributed by atoms with Crippen LogP contribution in [-0.2, 0) is 19.3 Å². The monoisotopic (exact) mass is 235 g/mol. The number of hydrogen-bond acceptors (Lipinski definition) is 5. The summed E-state index contributed by atoms with van der Waals surface area (Å²) in [6, 6.07) is 3.83. The van der Waals surface area contributed by atoms with Gasteiger partial charge < -0.3 is 14.2 Å². The van der Waals surface area contributed by atoms with Gasteiger partial charge in [0.05, 0.1) is 6.26 Å². The number of aromatic nitrogens is 2. The Kier molecular flexibility index (Phi) is 4.32. The van der Waals surface area contributed by atoms with Crippen LogP contribution in [0.4, 0.5) is 0 Å². The van der Waals surface area contributed by atoms with Crippen LogP contribution >= 0.6 is 0 Å². The van der Waals surface area contributed by atoms with Gasteiger partial charge in [-0.25, -0.2) is 0 Å². The average molecular weight is 235 g/mol. The van der Waals surface area contributed by atoms with Gasteiger partial charge in [-0.2, -0.15) is 0 Å². The summed E-state index contributed by atoms with van der Waals surface area (Å²) < 4.78 is 10.8. The van der Waals surface area contributed by atoms with E-state index in [4.69, 9.17) is 8.83 Å². The number of rotatable bonds is 7. The topological polar surface area (TPSA) is 64.1 Å². The molecule has 0 bridgehead atoms. The fourth-order valence-electron chi connectivity index (χ4n) is 1.55. The normalized spacial score (nSPS) is 10.9. The zero-order chi connectivity index (χ0) is 11.9. The SMILES string of the molecule is CCNCCc1nnc(CCc2ccco2)o1. The molecule has 0 saturated heterocycles. The lowest BCUT2D eigenvalue weighted by Crippen LogP contribution is -2.16. The van der Waals surface area contributed by atoms with Crippen LogP contribution in [0, 0.1) is 0 Å². The van der Waals surface area contributed by atoms with E-state index in [1.807, 2.05) is 12.1 Å². The van der Waals surface area contributed by atoms with Crippen LogP contribution in [0.2, 0.25) is 0 Å². The van der Waals surface area contributed by atoms with Crippen molar-refractivity contribution in [3.8, 4) is 0 Å². The molecule has 0 fully saturated rings. The van der Waals surface area contributed by atoms with Crippen molar-refractivity contribution in [1.82, 2.24) is 15.5 Å². The zero-order valence-corrected chi connectivity index (χ0v) is 9.98. The van der Waals surface area contributed by atoms with Gasteiger partial charge in [-0.3, -0.25) is 0 Å². The quantitative estimate of drug-likeness (QED) is 0.738. The summed E-state index contributed by atoms with van der Waals surface area (Å²) in [7, 11) is 0. The van der Waals surface area contributed by atoms with Gasteiger partial charge in [-0.1, -0.05) is 6.92 Å². The second-order valence-electron chi connectivity index (χ2n) is 3.77. The van der Waals surface area contributed by atoms with E-state index in [2.05, 4.69) is 22.4 Å². The summed E-state index contributed by atoms with van der Waals surface area (Å²) in [6.07, 6.45) is 3.97. The smallest absolute Gasteiger partial charge is 0.217 e.